The van der Waals surface area contributed by atoms with E-state index in [-0.39, 0.29) is 24.0 Å². The molecule has 1 aliphatic rings. The molecule has 0 saturated carbocycles. The molecular formula is C22H33IN4O3. The Labute approximate surface area is 195 Å². The van der Waals surface area contributed by atoms with Crippen LogP contribution in [0.4, 0.5) is 5.69 Å². The van der Waals surface area contributed by atoms with Crippen molar-refractivity contribution in [1.29, 1.82) is 0 Å². The number of nitrogens with zero attached hydrogens (tertiary/aromatic N) is 2. The Kier molecular flexibility index (Phi) is 9.44. The fraction of sp³-hybridized carbons (Fsp3) is 0.500. The highest BCUT2D eigenvalue weighted by atomic mass is 127. The fourth-order valence-electron chi connectivity index (χ4n) is 3.21. The molecule has 0 amide bonds. The Morgan fingerprint density at radius 1 is 1.13 bits per heavy atom. The fourth-order valence-corrected chi connectivity index (χ4v) is 3.21. The number of morpholine rings is 1. The number of hydrogen-bond donors (Lipinski definition) is 3. The third kappa shape index (κ3) is 6.88. The minimum absolute atomic E-state index is 0. The van der Waals surface area contributed by atoms with Gasteiger partial charge in [-0.15, -0.1) is 24.0 Å². The van der Waals surface area contributed by atoms with Crippen LogP contribution in [0.25, 0.3) is 0 Å². The number of rotatable bonds is 7. The first kappa shape index (κ1) is 24.5. The van der Waals surface area contributed by atoms with Crippen molar-refractivity contribution in [2.45, 2.75) is 32.9 Å². The molecule has 1 atom stereocenters. The van der Waals surface area contributed by atoms with E-state index >= 15 is 0 Å². The van der Waals surface area contributed by atoms with E-state index in [0.29, 0.717) is 24.8 Å². The summed E-state index contributed by atoms with van der Waals surface area (Å²) in [6.45, 7) is 10.6. The molecule has 1 fully saturated rings. The van der Waals surface area contributed by atoms with Crippen molar-refractivity contribution in [2.75, 3.05) is 44.3 Å². The number of nitrogens with one attached hydrogen (secondary N) is 2. The zero-order valence-corrected chi connectivity index (χ0v) is 20.3. The van der Waals surface area contributed by atoms with Crippen LogP contribution in [-0.4, -0.2) is 50.5 Å². The molecule has 1 unspecified atom stereocenters. The van der Waals surface area contributed by atoms with Crippen LogP contribution >= 0.6 is 24.0 Å². The minimum atomic E-state index is -1.12. The SMILES string of the molecule is CCNC(=NCc1ccc(N2CCOCC2)cc1)NCC(C)(O)c1ccc(C)o1.I. The van der Waals surface area contributed by atoms with Crippen LogP contribution in [0.15, 0.2) is 45.8 Å². The summed E-state index contributed by atoms with van der Waals surface area (Å²) in [6.07, 6.45) is 0. The summed E-state index contributed by atoms with van der Waals surface area (Å²) in [5.74, 6) is 1.98. The third-order valence-electron chi connectivity index (χ3n) is 4.95. The monoisotopic (exact) mass is 528 g/mol. The average Bonchev–Trinajstić information content (AvgIpc) is 3.18. The van der Waals surface area contributed by atoms with Gasteiger partial charge in [0.25, 0.3) is 0 Å². The lowest BCUT2D eigenvalue weighted by Gasteiger charge is -2.28. The number of benzene rings is 1. The van der Waals surface area contributed by atoms with E-state index in [1.807, 2.05) is 19.9 Å². The second-order valence-corrected chi connectivity index (χ2v) is 7.50. The van der Waals surface area contributed by atoms with Crippen molar-refractivity contribution in [3.8, 4) is 0 Å². The topological polar surface area (TPSA) is 82.3 Å². The van der Waals surface area contributed by atoms with Gasteiger partial charge in [-0.3, -0.25) is 0 Å². The van der Waals surface area contributed by atoms with Gasteiger partial charge in [0.1, 0.15) is 17.1 Å². The van der Waals surface area contributed by atoms with Crippen molar-refractivity contribution >= 4 is 35.6 Å². The summed E-state index contributed by atoms with van der Waals surface area (Å²) in [5.41, 5.74) is 1.23. The maximum Gasteiger partial charge on any atom is 0.191 e. The van der Waals surface area contributed by atoms with Crippen LogP contribution < -0.4 is 15.5 Å². The first-order valence-electron chi connectivity index (χ1n) is 10.2. The number of aliphatic hydroxyl groups is 1. The lowest BCUT2D eigenvalue weighted by molar-refractivity contribution is 0.0378. The number of guanidine groups is 1. The Balaban J connectivity index is 0.00000320. The van der Waals surface area contributed by atoms with E-state index in [1.165, 1.54) is 5.69 Å². The standard InChI is InChI=1S/C22H32N4O3.HI/c1-4-23-21(25-16-22(3,27)20-10-5-17(2)29-20)24-15-18-6-8-19(9-7-18)26-11-13-28-14-12-26;/h5-10,27H,4,11-16H2,1-3H3,(H2,23,24,25);1H. The smallest absolute Gasteiger partial charge is 0.191 e. The van der Waals surface area contributed by atoms with Crippen molar-refractivity contribution in [3.63, 3.8) is 0 Å². The van der Waals surface area contributed by atoms with E-state index in [2.05, 4.69) is 44.8 Å². The Morgan fingerprint density at radius 2 is 1.83 bits per heavy atom. The number of hydrogen-bond acceptors (Lipinski definition) is 5. The lowest BCUT2D eigenvalue weighted by Crippen LogP contribution is -2.44. The number of halogens is 1. The van der Waals surface area contributed by atoms with Gasteiger partial charge in [-0.05, 0) is 50.6 Å². The molecule has 8 heteroatoms. The number of aliphatic imine (C=N–C) groups is 1. The molecule has 0 bridgehead atoms. The molecule has 1 saturated heterocycles. The Morgan fingerprint density at radius 3 is 2.43 bits per heavy atom. The Bertz CT molecular complexity index is 799. The van der Waals surface area contributed by atoms with Crippen molar-refractivity contribution < 1.29 is 14.3 Å². The molecular weight excluding hydrogens is 495 g/mol. The van der Waals surface area contributed by atoms with Crippen LogP contribution in [0.5, 0.6) is 0 Å². The van der Waals surface area contributed by atoms with E-state index in [0.717, 1.165) is 44.2 Å². The molecule has 30 heavy (non-hydrogen) atoms. The Hall–Kier alpha value is -1.78. The molecule has 0 radical (unpaired) electrons. The predicted octanol–water partition coefficient (Wildman–Crippen LogP) is 3.01. The molecule has 166 valence electrons. The van der Waals surface area contributed by atoms with E-state index in [9.17, 15) is 5.11 Å². The lowest BCUT2D eigenvalue weighted by atomic mass is 10.0. The van der Waals surface area contributed by atoms with Crippen molar-refractivity contribution in [2.24, 2.45) is 4.99 Å². The molecule has 1 aromatic heterocycles. The molecule has 1 aliphatic heterocycles. The van der Waals surface area contributed by atoms with Crippen LogP contribution in [0, 0.1) is 6.92 Å². The van der Waals surface area contributed by atoms with Crippen molar-refractivity contribution in [1.82, 2.24) is 10.6 Å². The highest BCUT2D eigenvalue weighted by Gasteiger charge is 2.27. The quantitative estimate of drug-likeness (QED) is 0.291. The second-order valence-electron chi connectivity index (χ2n) is 7.50. The molecule has 0 aliphatic carbocycles. The zero-order valence-electron chi connectivity index (χ0n) is 18.0. The van der Waals surface area contributed by atoms with Crippen molar-refractivity contribution in [3.05, 3.63) is 53.5 Å². The maximum atomic E-state index is 10.7. The van der Waals surface area contributed by atoms with Gasteiger partial charge < -0.3 is 29.8 Å². The zero-order chi connectivity index (χ0) is 20.7. The minimum Gasteiger partial charge on any atom is -0.463 e. The summed E-state index contributed by atoms with van der Waals surface area (Å²) in [4.78, 5) is 6.98. The molecule has 2 heterocycles. The molecule has 1 aromatic carbocycles. The van der Waals surface area contributed by atoms with Gasteiger partial charge >= 0.3 is 0 Å². The molecule has 3 rings (SSSR count). The summed E-state index contributed by atoms with van der Waals surface area (Å²) < 4.78 is 11.0. The predicted molar refractivity (Wildman–Crippen MR) is 131 cm³/mol. The number of anilines is 1. The van der Waals surface area contributed by atoms with Crippen LogP contribution in [0.3, 0.4) is 0 Å². The maximum absolute atomic E-state index is 10.7. The van der Waals surface area contributed by atoms with Crippen LogP contribution in [0.1, 0.15) is 30.9 Å². The van der Waals surface area contributed by atoms with Gasteiger partial charge in [0, 0.05) is 25.3 Å². The van der Waals surface area contributed by atoms with Crippen LogP contribution in [0.2, 0.25) is 0 Å². The molecule has 0 spiro atoms. The van der Waals surface area contributed by atoms with Gasteiger partial charge in [0.2, 0.25) is 0 Å². The van der Waals surface area contributed by atoms with Gasteiger partial charge in [-0.1, -0.05) is 12.1 Å². The van der Waals surface area contributed by atoms with Gasteiger partial charge in [0.05, 0.1) is 26.3 Å². The number of ether oxygens (including phenoxy) is 1. The van der Waals surface area contributed by atoms with Gasteiger partial charge in [-0.25, -0.2) is 4.99 Å². The highest BCUT2D eigenvalue weighted by Crippen LogP contribution is 2.22. The molecule has 3 N–H and O–H groups in total. The van der Waals surface area contributed by atoms with E-state index in [1.54, 1.807) is 13.0 Å². The first-order chi connectivity index (χ1) is 14.0. The van der Waals surface area contributed by atoms with E-state index < -0.39 is 5.60 Å². The van der Waals surface area contributed by atoms with Gasteiger partial charge in [-0.2, -0.15) is 0 Å². The first-order valence-corrected chi connectivity index (χ1v) is 10.2. The molecule has 7 nitrogen and oxygen atoms in total. The summed E-state index contributed by atoms with van der Waals surface area (Å²) in [6, 6.07) is 12.2. The number of furan rings is 1. The summed E-state index contributed by atoms with van der Waals surface area (Å²) >= 11 is 0. The van der Waals surface area contributed by atoms with Crippen LogP contribution in [-0.2, 0) is 16.9 Å². The molecule has 2 aromatic rings. The second kappa shape index (κ2) is 11.6. The highest BCUT2D eigenvalue weighted by molar-refractivity contribution is 14.0. The average molecular weight is 528 g/mol. The van der Waals surface area contributed by atoms with E-state index in [4.69, 9.17) is 9.15 Å². The normalized spacial score (nSPS) is 16.5. The summed E-state index contributed by atoms with van der Waals surface area (Å²) in [5, 5.41) is 17.1. The third-order valence-corrected chi connectivity index (χ3v) is 4.95. The summed E-state index contributed by atoms with van der Waals surface area (Å²) in [7, 11) is 0. The number of aryl methyl sites for hydroxylation is 1. The van der Waals surface area contributed by atoms with Gasteiger partial charge in [0.15, 0.2) is 5.96 Å². The largest absolute Gasteiger partial charge is 0.463 e.